The van der Waals surface area contributed by atoms with E-state index in [0.717, 1.165) is 17.0 Å². The topological polar surface area (TPSA) is 73.7 Å². The molecule has 6 nitrogen and oxygen atoms in total. The summed E-state index contributed by atoms with van der Waals surface area (Å²) in [6, 6.07) is 6.29. The molecule has 0 aliphatic carbocycles. The molecule has 1 aromatic carbocycles. The number of fused-ring (bicyclic) bond motifs is 1. The number of hydrogen-bond donors (Lipinski definition) is 0. The third kappa shape index (κ3) is 4.23. The number of halogens is 3. The maximum Gasteiger partial charge on any atom is 0.182 e. The number of benzene rings is 1. The van der Waals surface area contributed by atoms with Gasteiger partial charge >= 0.3 is 0 Å². The second kappa shape index (κ2) is 8.92. The summed E-state index contributed by atoms with van der Waals surface area (Å²) in [5.74, 6) is -1.20. The molecule has 174 valence electrons. The molecule has 0 spiro atoms. The quantitative estimate of drug-likeness (QED) is 0.335. The molecule has 0 saturated carbocycles. The van der Waals surface area contributed by atoms with Gasteiger partial charge in [0.1, 0.15) is 33.7 Å². The Morgan fingerprint density at radius 1 is 0.971 bits per heavy atom. The fourth-order valence-electron chi connectivity index (χ4n) is 4.24. The van der Waals surface area contributed by atoms with E-state index in [1.807, 2.05) is 32.9 Å². The number of rotatable bonds is 3. The van der Waals surface area contributed by atoms with Crippen LogP contribution in [0.25, 0.3) is 22.4 Å². The van der Waals surface area contributed by atoms with Crippen LogP contribution in [-0.2, 0) is 4.74 Å². The predicted octanol–water partition coefficient (Wildman–Crippen LogP) is 5.97. The lowest BCUT2D eigenvalue weighted by Gasteiger charge is -2.29. The Morgan fingerprint density at radius 3 is 2.44 bits per heavy atom. The van der Waals surface area contributed by atoms with Crippen LogP contribution in [0.2, 0.25) is 5.02 Å². The third-order valence-electron chi connectivity index (χ3n) is 6.16. The Kier molecular flexibility index (Phi) is 5.95. The van der Waals surface area contributed by atoms with Crippen molar-refractivity contribution in [2.24, 2.45) is 0 Å². The lowest BCUT2D eigenvalue weighted by molar-refractivity contribution is 0.00393. The van der Waals surface area contributed by atoms with Gasteiger partial charge in [-0.15, -0.1) is 0 Å². The highest BCUT2D eigenvalue weighted by Crippen LogP contribution is 2.38. The molecule has 1 saturated heterocycles. The summed E-state index contributed by atoms with van der Waals surface area (Å²) in [6.45, 7) is 6.15. The van der Waals surface area contributed by atoms with Crippen LogP contribution in [0.4, 0.5) is 8.78 Å². The molecule has 1 fully saturated rings. The highest BCUT2D eigenvalue weighted by Gasteiger charge is 2.29. The van der Waals surface area contributed by atoms with Gasteiger partial charge in [0.2, 0.25) is 0 Å². The molecule has 34 heavy (non-hydrogen) atoms. The van der Waals surface area contributed by atoms with Crippen molar-refractivity contribution in [1.29, 1.82) is 0 Å². The predicted molar refractivity (Wildman–Crippen MR) is 125 cm³/mol. The lowest BCUT2D eigenvalue weighted by atomic mass is 9.91. The van der Waals surface area contributed by atoms with Crippen molar-refractivity contribution in [1.82, 2.24) is 24.9 Å². The zero-order valence-corrected chi connectivity index (χ0v) is 19.7. The first kappa shape index (κ1) is 22.7. The SMILES string of the molecule is Cc1cc([C@@H]2C[C@@H](c3nc(-c4cc(F)c(Cl)c(F)c4)c4nc(C)c(C)nc4n3)CCO2)ccn1. The summed E-state index contributed by atoms with van der Waals surface area (Å²) < 4.78 is 34.7. The molecule has 0 amide bonds. The van der Waals surface area contributed by atoms with Crippen molar-refractivity contribution in [2.75, 3.05) is 6.61 Å². The van der Waals surface area contributed by atoms with Crippen molar-refractivity contribution < 1.29 is 13.5 Å². The number of hydrogen-bond acceptors (Lipinski definition) is 6. The van der Waals surface area contributed by atoms with E-state index >= 15 is 0 Å². The van der Waals surface area contributed by atoms with E-state index in [2.05, 4.69) is 15.0 Å². The highest BCUT2D eigenvalue weighted by molar-refractivity contribution is 6.31. The molecular formula is C25H22ClF2N5O. The highest BCUT2D eigenvalue weighted by atomic mass is 35.5. The number of ether oxygens (including phenoxy) is 1. The lowest BCUT2D eigenvalue weighted by Crippen LogP contribution is -2.21. The largest absolute Gasteiger partial charge is 0.373 e. The second-order valence-electron chi connectivity index (χ2n) is 8.56. The molecule has 0 N–H and O–H groups in total. The van der Waals surface area contributed by atoms with E-state index < -0.39 is 16.7 Å². The van der Waals surface area contributed by atoms with Gasteiger partial charge < -0.3 is 4.74 Å². The van der Waals surface area contributed by atoms with Gasteiger partial charge in [-0.3, -0.25) is 4.98 Å². The summed E-state index contributed by atoms with van der Waals surface area (Å²) >= 11 is 5.71. The molecule has 0 radical (unpaired) electrons. The first-order chi connectivity index (χ1) is 16.3. The molecule has 2 atom stereocenters. The zero-order valence-electron chi connectivity index (χ0n) is 18.9. The van der Waals surface area contributed by atoms with Crippen LogP contribution in [0.15, 0.2) is 30.5 Å². The van der Waals surface area contributed by atoms with Crippen molar-refractivity contribution in [3.63, 3.8) is 0 Å². The van der Waals surface area contributed by atoms with E-state index in [1.54, 1.807) is 6.20 Å². The number of aromatic nitrogens is 5. The van der Waals surface area contributed by atoms with Gasteiger partial charge in [0.15, 0.2) is 5.65 Å². The van der Waals surface area contributed by atoms with Crippen LogP contribution >= 0.6 is 11.6 Å². The molecule has 4 aromatic rings. The fraction of sp³-hybridized carbons (Fsp3) is 0.320. The van der Waals surface area contributed by atoms with Crippen molar-refractivity contribution in [3.8, 4) is 11.3 Å². The Morgan fingerprint density at radius 2 is 1.71 bits per heavy atom. The zero-order chi connectivity index (χ0) is 24.0. The van der Waals surface area contributed by atoms with Gasteiger partial charge in [-0.1, -0.05) is 11.6 Å². The molecular weight excluding hydrogens is 460 g/mol. The van der Waals surface area contributed by atoms with Gasteiger partial charge in [0.05, 0.1) is 17.5 Å². The van der Waals surface area contributed by atoms with Crippen LogP contribution in [0, 0.1) is 32.4 Å². The maximum absolute atomic E-state index is 14.3. The summed E-state index contributed by atoms with van der Waals surface area (Å²) in [6.07, 6.45) is 3.02. The minimum atomic E-state index is -0.860. The van der Waals surface area contributed by atoms with Crippen LogP contribution < -0.4 is 0 Å². The van der Waals surface area contributed by atoms with E-state index in [1.165, 1.54) is 12.1 Å². The average Bonchev–Trinajstić information content (AvgIpc) is 2.82. The summed E-state index contributed by atoms with van der Waals surface area (Å²) in [7, 11) is 0. The van der Waals surface area contributed by atoms with Crippen LogP contribution in [0.3, 0.4) is 0 Å². The number of pyridine rings is 1. The van der Waals surface area contributed by atoms with E-state index in [-0.39, 0.29) is 17.6 Å². The molecule has 1 aliphatic rings. The minimum absolute atomic E-state index is 0.0271. The van der Waals surface area contributed by atoms with Crippen LogP contribution in [0.5, 0.6) is 0 Å². The first-order valence-electron chi connectivity index (χ1n) is 11.0. The molecule has 0 bridgehead atoms. The van der Waals surface area contributed by atoms with Crippen LogP contribution in [0.1, 0.15) is 53.3 Å². The third-order valence-corrected chi connectivity index (χ3v) is 6.52. The summed E-state index contributed by atoms with van der Waals surface area (Å²) in [4.78, 5) is 23.0. The Bertz CT molecular complexity index is 1390. The fourth-order valence-corrected chi connectivity index (χ4v) is 4.35. The maximum atomic E-state index is 14.3. The van der Waals surface area contributed by atoms with Crippen molar-refractivity contribution >= 4 is 22.8 Å². The first-order valence-corrected chi connectivity index (χ1v) is 11.4. The minimum Gasteiger partial charge on any atom is -0.373 e. The molecule has 5 rings (SSSR count). The van der Waals surface area contributed by atoms with Gasteiger partial charge in [0, 0.05) is 30.0 Å². The molecule has 4 heterocycles. The molecule has 3 aromatic heterocycles. The van der Waals surface area contributed by atoms with Gasteiger partial charge in [0.25, 0.3) is 0 Å². The summed E-state index contributed by atoms with van der Waals surface area (Å²) in [5.41, 5.74) is 4.73. The molecule has 9 heteroatoms. The Labute approximate surface area is 200 Å². The summed E-state index contributed by atoms with van der Waals surface area (Å²) in [5, 5.41) is -0.555. The van der Waals surface area contributed by atoms with Crippen molar-refractivity contribution in [2.45, 2.75) is 45.6 Å². The van der Waals surface area contributed by atoms with Gasteiger partial charge in [-0.2, -0.15) is 0 Å². The smallest absolute Gasteiger partial charge is 0.182 e. The number of nitrogens with zero attached hydrogens (tertiary/aromatic N) is 5. The van der Waals surface area contributed by atoms with Crippen molar-refractivity contribution in [3.05, 3.63) is 75.6 Å². The standard InChI is InChI=1S/C25H22ClF2N5O/c1-12-8-15(4-6-29-12)20-11-16(5-7-34-20)24-32-22(17-9-18(27)21(26)19(28)10-17)23-25(33-24)31-14(3)13(2)30-23/h4,6,8-10,16,20H,5,7,11H2,1-3H3/t16-,20-/m0/s1. The van der Waals surface area contributed by atoms with E-state index in [0.29, 0.717) is 47.8 Å². The van der Waals surface area contributed by atoms with Gasteiger partial charge in [-0.05, 0) is 63.4 Å². The monoisotopic (exact) mass is 481 g/mol. The van der Waals surface area contributed by atoms with E-state index in [4.69, 9.17) is 26.3 Å². The van der Waals surface area contributed by atoms with Crippen LogP contribution in [-0.4, -0.2) is 31.5 Å². The Hall–Kier alpha value is -3.10. The van der Waals surface area contributed by atoms with Gasteiger partial charge in [-0.25, -0.2) is 28.7 Å². The van der Waals surface area contributed by atoms with E-state index in [9.17, 15) is 8.78 Å². The Balaban J connectivity index is 1.63. The normalized spacial score (nSPS) is 18.4. The molecule has 0 unspecified atom stereocenters. The average molecular weight is 482 g/mol. The number of aryl methyl sites for hydroxylation is 3. The molecule has 1 aliphatic heterocycles. The second-order valence-corrected chi connectivity index (χ2v) is 8.94.